The van der Waals surface area contributed by atoms with Crippen LogP contribution in [0.3, 0.4) is 0 Å². The molecule has 1 saturated heterocycles. The number of rotatable bonds is 1. The second kappa shape index (κ2) is 4.63. The lowest BCUT2D eigenvalue weighted by Crippen LogP contribution is -2.45. The molecule has 4 rings (SSSR count). The number of hydrogen-bond acceptors (Lipinski definition) is 6. The third-order valence-corrected chi connectivity index (χ3v) is 3.99. The van der Waals surface area contributed by atoms with Crippen LogP contribution in [0.1, 0.15) is 5.56 Å². The first kappa shape index (κ1) is 12.5. The van der Waals surface area contributed by atoms with Crippen molar-refractivity contribution >= 4 is 22.6 Å². The van der Waals surface area contributed by atoms with E-state index in [0.717, 1.165) is 54.4 Å². The maximum atomic E-state index is 4.81. The molecule has 0 aliphatic carbocycles. The number of nitrogens with zero attached hydrogens (tertiary/aromatic N) is 7. The molecule has 0 N–H and O–H groups in total. The van der Waals surface area contributed by atoms with Crippen LogP contribution in [-0.4, -0.2) is 62.7 Å². The smallest absolute Gasteiger partial charge is 0.205 e. The zero-order valence-corrected chi connectivity index (χ0v) is 12.2. The molecule has 0 amide bonds. The van der Waals surface area contributed by atoms with Gasteiger partial charge in [0.25, 0.3) is 0 Å². The topological polar surface area (TPSA) is 62.5 Å². The van der Waals surface area contributed by atoms with Gasteiger partial charge in [-0.25, -0.2) is 9.97 Å². The zero-order chi connectivity index (χ0) is 14.4. The average molecular weight is 283 g/mol. The third-order valence-electron chi connectivity index (χ3n) is 3.99. The second-order valence-electron chi connectivity index (χ2n) is 5.61. The Labute approximate surface area is 122 Å². The second-order valence-corrected chi connectivity index (χ2v) is 5.61. The Balaban J connectivity index is 1.92. The van der Waals surface area contributed by atoms with Gasteiger partial charge in [0.1, 0.15) is 11.8 Å². The Morgan fingerprint density at radius 1 is 1.10 bits per heavy atom. The number of hydrogen-bond donors (Lipinski definition) is 0. The van der Waals surface area contributed by atoms with Crippen molar-refractivity contribution in [2.45, 2.75) is 6.92 Å². The van der Waals surface area contributed by atoms with E-state index in [-0.39, 0.29) is 0 Å². The van der Waals surface area contributed by atoms with E-state index in [1.54, 1.807) is 6.33 Å². The molecule has 4 heterocycles. The van der Waals surface area contributed by atoms with E-state index < -0.39 is 0 Å². The molecular weight excluding hydrogens is 266 g/mol. The Hall–Kier alpha value is -2.28. The molecule has 0 radical (unpaired) electrons. The zero-order valence-electron chi connectivity index (χ0n) is 12.2. The van der Waals surface area contributed by atoms with Crippen molar-refractivity contribution in [3.05, 3.63) is 24.2 Å². The van der Waals surface area contributed by atoms with Crippen LogP contribution in [0.15, 0.2) is 18.6 Å². The van der Waals surface area contributed by atoms with Crippen molar-refractivity contribution in [3.8, 4) is 0 Å². The van der Waals surface area contributed by atoms with Crippen molar-refractivity contribution in [2.24, 2.45) is 0 Å². The van der Waals surface area contributed by atoms with Crippen molar-refractivity contribution in [1.82, 2.24) is 29.5 Å². The van der Waals surface area contributed by atoms with Gasteiger partial charge in [-0.2, -0.15) is 0 Å². The highest BCUT2D eigenvalue weighted by molar-refractivity contribution is 5.80. The summed E-state index contributed by atoms with van der Waals surface area (Å²) in [5, 5.41) is 8.28. The summed E-state index contributed by atoms with van der Waals surface area (Å²) in [5.74, 6) is 0.903. The molecule has 3 aromatic heterocycles. The lowest BCUT2D eigenvalue weighted by atomic mass is 10.3. The van der Waals surface area contributed by atoms with Gasteiger partial charge < -0.3 is 9.80 Å². The van der Waals surface area contributed by atoms with Crippen LogP contribution in [0, 0.1) is 6.92 Å². The highest BCUT2D eigenvalue weighted by Crippen LogP contribution is 2.23. The third kappa shape index (κ3) is 2.01. The van der Waals surface area contributed by atoms with Crippen LogP contribution in [0.4, 0.5) is 5.82 Å². The normalized spacial score (nSPS) is 17.0. The minimum atomic E-state index is 0.781. The molecule has 1 fully saturated rings. The molecule has 1 aliphatic heterocycles. The molecule has 0 aromatic carbocycles. The van der Waals surface area contributed by atoms with Gasteiger partial charge in [0.15, 0.2) is 11.5 Å². The first-order valence-electron chi connectivity index (χ1n) is 7.12. The molecular formula is C14H17N7. The largest absolute Gasteiger partial charge is 0.351 e. The van der Waals surface area contributed by atoms with Gasteiger partial charge in [-0.3, -0.25) is 4.40 Å². The SMILES string of the molecule is Cc1cnc2c(c1)nc(N1CCN(C)CC1)c1nncn12. The molecule has 3 aromatic rings. The minimum absolute atomic E-state index is 0.781. The highest BCUT2D eigenvalue weighted by Gasteiger charge is 2.20. The molecule has 0 bridgehead atoms. The lowest BCUT2D eigenvalue weighted by molar-refractivity contribution is 0.312. The lowest BCUT2D eigenvalue weighted by Gasteiger charge is -2.33. The van der Waals surface area contributed by atoms with E-state index in [4.69, 9.17) is 4.98 Å². The summed E-state index contributed by atoms with van der Waals surface area (Å²) >= 11 is 0. The molecule has 0 spiro atoms. The van der Waals surface area contributed by atoms with Gasteiger partial charge in [-0.1, -0.05) is 0 Å². The van der Waals surface area contributed by atoms with Crippen LogP contribution >= 0.6 is 0 Å². The Bertz CT molecular complexity index is 802. The summed E-state index contributed by atoms with van der Waals surface area (Å²) in [6.45, 7) is 6.01. The molecule has 0 atom stereocenters. The van der Waals surface area contributed by atoms with Crippen LogP contribution in [0.2, 0.25) is 0 Å². The molecule has 7 nitrogen and oxygen atoms in total. The van der Waals surface area contributed by atoms with E-state index in [9.17, 15) is 0 Å². The predicted molar refractivity (Wildman–Crippen MR) is 80.5 cm³/mol. The summed E-state index contributed by atoms with van der Waals surface area (Å²) in [7, 11) is 2.14. The number of aromatic nitrogens is 5. The summed E-state index contributed by atoms with van der Waals surface area (Å²) in [5.41, 5.74) is 3.57. The fraction of sp³-hybridized carbons (Fsp3) is 0.429. The maximum absolute atomic E-state index is 4.81. The van der Waals surface area contributed by atoms with Crippen molar-refractivity contribution in [3.63, 3.8) is 0 Å². The van der Waals surface area contributed by atoms with Crippen molar-refractivity contribution < 1.29 is 0 Å². The summed E-state index contributed by atoms with van der Waals surface area (Å²) in [6.07, 6.45) is 3.56. The fourth-order valence-corrected chi connectivity index (χ4v) is 2.75. The number of fused-ring (bicyclic) bond motifs is 3. The van der Waals surface area contributed by atoms with E-state index >= 15 is 0 Å². The summed E-state index contributed by atoms with van der Waals surface area (Å²) in [4.78, 5) is 13.9. The Morgan fingerprint density at radius 2 is 1.90 bits per heavy atom. The van der Waals surface area contributed by atoms with Gasteiger partial charge in [-0.05, 0) is 25.6 Å². The van der Waals surface area contributed by atoms with Gasteiger partial charge in [0.2, 0.25) is 5.65 Å². The van der Waals surface area contributed by atoms with Crippen molar-refractivity contribution in [2.75, 3.05) is 38.1 Å². The number of anilines is 1. The van der Waals surface area contributed by atoms with Gasteiger partial charge in [0.05, 0.1) is 0 Å². The molecule has 108 valence electrons. The average Bonchev–Trinajstić information content (AvgIpc) is 2.96. The van der Waals surface area contributed by atoms with Gasteiger partial charge in [0, 0.05) is 32.4 Å². The number of likely N-dealkylation sites (N-methyl/N-ethyl adjacent to an activating group) is 1. The maximum Gasteiger partial charge on any atom is 0.205 e. The number of piperazine rings is 1. The van der Waals surface area contributed by atoms with Crippen LogP contribution < -0.4 is 4.90 Å². The molecule has 21 heavy (non-hydrogen) atoms. The first-order chi connectivity index (χ1) is 10.2. The van der Waals surface area contributed by atoms with Crippen molar-refractivity contribution in [1.29, 1.82) is 0 Å². The molecule has 1 aliphatic rings. The van der Waals surface area contributed by atoms with E-state index in [1.807, 2.05) is 17.5 Å². The van der Waals surface area contributed by atoms with Gasteiger partial charge in [-0.15, -0.1) is 10.2 Å². The quantitative estimate of drug-likeness (QED) is 0.656. The number of pyridine rings is 1. The fourth-order valence-electron chi connectivity index (χ4n) is 2.75. The van der Waals surface area contributed by atoms with Crippen LogP contribution in [0.5, 0.6) is 0 Å². The highest BCUT2D eigenvalue weighted by atomic mass is 15.3. The van der Waals surface area contributed by atoms with Gasteiger partial charge >= 0.3 is 0 Å². The summed E-state index contributed by atoms with van der Waals surface area (Å²) < 4.78 is 1.93. The minimum Gasteiger partial charge on any atom is -0.351 e. The molecule has 0 unspecified atom stereocenters. The predicted octanol–water partition coefficient (Wildman–Crippen LogP) is 0.733. The Morgan fingerprint density at radius 3 is 2.71 bits per heavy atom. The van der Waals surface area contributed by atoms with Crippen LogP contribution in [0.25, 0.3) is 16.8 Å². The van der Waals surface area contributed by atoms with E-state index in [1.165, 1.54) is 0 Å². The molecule has 0 saturated carbocycles. The van der Waals surface area contributed by atoms with E-state index in [0.29, 0.717) is 0 Å². The van der Waals surface area contributed by atoms with E-state index in [2.05, 4.69) is 38.1 Å². The molecule has 7 heteroatoms. The van der Waals surface area contributed by atoms with Crippen LogP contribution in [-0.2, 0) is 0 Å². The first-order valence-corrected chi connectivity index (χ1v) is 7.12. The summed E-state index contributed by atoms with van der Waals surface area (Å²) in [6, 6.07) is 2.06. The monoisotopic (exact) mass is 283 g/mol. The Kier molecular flexibility index (Phi) is 2.75. The standard InChI is InChI=1S/C14H17N7/c1-10-7-11-12(15-8-10)21-9-16-18-14(21)13(17-11)20-5-3-19(2)4-6-20/h7-9H,3-6H2,1-2H3. The number of aryl methyl sites for hydroxylation is 1.